The van der Waals surface area contributed by atoms with Crippen LogP contribution in [0.5, 0.6) is 0 Å². The maximum atomic E-state index is 12.4. The van der Waals surface area contributed by atoms with Gasteiger partial charge in [-0.05, 0) is 29.8 Å². The number of carbonyl (C=O) groups excluding carboxylic acids is 2. The molecule has 0 unspecified atom stereocenters. The number of piperazine rings is 1. The second-order valence-electron chi connectivity index (χ2n) is 8.21. The van der Waals surface area contributed by atoms with Crippen molar-refractivity contribution in [1.29, 1.82) is 0 Å². The summed E-state index contributed by atoms with van der Waals surface area (Å²) in [5, 5.41) is 13.5. The highest BCUT2D eigenvalue weighted by atomic mass is 16.6. The van der Waals surface area contributed by atoms with Crippen molar-refractivity contribution in [3.63, 3.8) is 0 Å². The van der Waals surface area contributed by atoms with Crippen LogP contribution in [-0.2, 0) is 6.54 Å². The lowest BCUT2D eigenvalue weighted by Gasteiger charge is -2.36. The van der Waals surface area contributed by atoms with E-state index in [1.165, 1.54) is 12.1 Å². The molecule has 1 fully saturated rings. The Balaban J connectivity index is 1.24. The molecule has 0 aromatic heterocycles. The van der Waals surface area contributed by atoms with Crippen LogP contribution in [0, 0.1) is 10.1 Å². The number of nitro groups is 1. The number of nitrogens with zero attached hydrogens (tertiary/aromatic N) is 3. The second-order valence-corrected chi connectivity index (χ2v) is 8.21. The fraction of sp³-hybridized carbons (Fsp3) is 0.231. The summed E-state index contributed by atoms with van der Waals surface area (Å²) in [5.41, 5.74) is 3.30. The van der Waals surface area contributed by atoms with Gasteiger partial charge in [0.05, 0.1) is 11.5 Å². The zero-order chi connectivity index (χ0) is 23.9. The molecule has 8 heteroatoms. The molecule has 0 radical (unpaired) electrons. The van der Waals surface area contributed by atoms with E-state index in [1.54, 1.807) is 48.5 Å². The number of anilines is 1. The Labute approximate surface area is 198 Å². The molecule has 1 heterocycles. The Hall–Kier alpha value is -4.04. The lowest BCUT2D eigenvalue weighted by atomic mass is 10.1. The van der Waals surface area contributed by atoms with Crippen LogP contribution in [0.25, 0.3) is 0 Å². The van der Waals surface area contributed by atoms with Gasteiger partial charge in [0.25, 0.3) is 11.6 Å². The smallest absolute Gasteiger partial charge is 0.269 e. The molecule has 0 atom stereocenters. The molecule has 3 aromatic carbocycles. The van der Waals surface area contributed by atoms with Gasteiger partial charge in [-0.3, -0.25) is 24.6 Å². The summed E-state index contributed by atoms with van der Waals surface area (Å²) in [6, 6.07) is 23.0. The minimum atomic E-state index is -0.388. The summed E-state index contributed by atoms with van der Waals surface area (Å²) in [4.78, 5) is 39.6. The van der Waals surface area contributed by atoms with Gasteiger partial charge < -0.3 is 10.2 Å². The Morgan fingerprint density at radius 1 is 0.824 bits per heavy atom. The molecule has 34 heavy (non-hydrogen) atoms. The minimum absolute atomic E-state index is 0.0381. The van der Waals surface area contributed by atoms with E-state index in [0.717, 1.165) is 44.0 Å². The normalized spacial score (nSPS) is 13.9. The maximum Gasteiger partial charge on any atom is 0.269 e. The molecule has 1 amide bonds. The van der Waals surface area contributed by atoms with E-state index in [-0.39, 0.29) is 28.8 Å². The number of amides is 1. The number of Topliss-reactive ketones (excluding diaryl/α,β-unsaturated/α-hetero) is 1. The third-order valence-electron chi connectivity index (χ3n) is 5.93. The van der Waals surface area contributed by atoms with Gasteiger partial charge in [-0.15, -0.1) is 0 Å². The van der Waals surface area contributed by atoms with Gasteiger partial charge in [0, 0.05) is 61.7 Å². The van der Waals surface area contributed by atoms with Crippen molar-refractivity contribution in [2.75, 3.05) is 37.6 Å². The minimum Gasteiger partial charge on any atom is -0.369 e. The van der Waals surface area contributed by atoms with Gasteiger partial charge >= 0.3 is 0 Å². The molecule has 4 rings (SSSR count). The van der Waals surface area contributed by atoms with Crippen molar-refractivity contribution < 1.29 is 14.5 Å². The molecular weight excluding hydrogens is 432 g/mol. The number of rotatable bonds is 8. The first-order chi connectivity index (χ1) is 16.5. The van der Waals surface area contributed by atoms with Crippen LogP contribution in [0.15, 0.2) is 78.9 Å². The third-order valence-corrected chi connectivity index (χ3v) is 5.93. The van der Waals surface area contributed by atoms with Gasteiger partial charge in [0.1, 0.15) is 0 Å². The van der Waals surface area contributed by atoms with Crippen molar-refractivity contribution in [2.24, 2.45) is 0 Å². The number of ketones is 1. The highest BCUT2D eigenvalue weighted by molar-refractivity contribution is 6.02. The average molecular weight is 459 g/mol. The van der Waals surface area contributed by atoms with Crippen LogP contribution in [0.3, 0.4) is 0 Å². The van der Waals surface area contributed by atoms with E-state index < -0.39 is 0 Å². The number of hydrogen-bond donors (Lipinski definition) is 1. The highest BCUT2D eigenvalue weighted by Crippen LogP contribution is 2.21. The first-order valence-corrected chi connectivity index (χ1v) is 11.2. The van der Waals surface area contributed by atoms with Crippen LogP contribution >= 0.6 is 0 Å². The van der Waals surface area contributed by atoms with E-state index >= 15 is 0 Å². The van der Waals surface area contributed by atoms with Gasteiger partial charge in [0.15, 0.2) is 5.78 Å². The van der Waals surface area contributed by atoms with Crippen LogP contribution in [0.4, 0.5) is 11.4 Å². The van der Waals surface area contributed by atoms with Crippen LogP contribution in [0.2, 0.25) is 0 Å². The molecule has 8 nitrogen and oxygen atoms in total. The summed E-state index contributed by atoms with van der Waals surface area (Å²) in [7, 11) is 0. The number of nitrogens with one attached hydrogen (secondary N) is 1. The fourth-order valence-electron chi connectivity index (χ4n) is 3.96. The third kappa shape index (κ3) is 5.85. The van der Waals surface area contributed by atoms with Crippen molar-refractivity contribution >= 4 is 23.1 Å². The molecule has 174 valence electrons. The quantitative estimate of drug-likeness (QED) is 0.315. The molecule has 1 saturated heterocycles. The van der Waals surface area contributed by atoms with Gasteiger partial charge in [-0.25, -0.2) is 0 Å². The number of hydrogen-bond acceptors (Lipinski definition) is 6. The Bertz CT molecular complexity index is 1140. The average Bonchev–Trinajstić information content (AvgIpc) is 2.88. The molecule has 0 saturated carbocycles. The highest BCUT2D eigenvalue weighted by Gasteiger charge is 2.18. The van der Waals surface area contributed by atoms with Gasteiger partial charge in [-0.2, -0.15) is 0 Å². The first-order valence-electron chi connectivity index (χ1n) is 11.2. The molecule has 1 N–H and O–H groups in total. The van der Waals surface area contributed by atoms with E-state index in [4.69, 9.17) is 0 Å². The predicted molar refractivity (Wildman–Crippen MR) is 130 cm³/mol. The van der Waals surface area contributed by atoms with Crippen molar-refractivity contribution in [2.45, 2.75) is 6.54 Å². The van der Waals surface area contributed by atoms with Crippen LogP contribution in [-0.4, -0.2) is 54.2 Å². The molecule has 0 spiro atoms. The van der Waals surface area contributed by atoms with Gasteiger partial charge in [-0.1, -0.05) is 42.5 Å². The fourth-order valence-corrected chi connectivity index (χ4v) is 3.96. The summed E-state index contributed by atoms with van der Waals surface area (Å²) in [6.07, 6.45) is 0. The van der Waals surface area contributed by atoms with Crippen molar-refractivity contribution in [1.82, 2.24) is 10.2 Å². The Morgan fingerprint density at radius 2 is 1.47 bits per heavy atom. The molecule has 0 bridgehead atoms. The van der Waals surface area contributed by atoms with Gasteiger partial charge in [0.2, 0.25) is 0 Å². The molecule has 3 aromatic rings. The largest absolute Gasteiger partial charge is 0.369 e. The number of carbonyl (C=O) groups is 2. The van der Waals surface area contributed by atoms with Crippen molar-refractivity contribution in [3.05, 3.63) is 106 Å². The number of benzene rings is 3. The SMILES string of the molecule is O=C(CNC(=O)c1ccc(CN2CCN(c3ccc([N+](=O)[O-])cc3)CC2)cc1)c1ccccc1. The van der Waals surface area contributed by atoms with E-state index in [0.29, 0.717) is 11.1 Å². The lowest BCUT2D eigenvalue weighted by molar-refractivity contribution is -0.384. The van der Waals surface area contributed by atoms with Crippen molar-refractivity contribution in [3.8, 4) is 0 Å². The Kier molecular flexibility index (Phi) is 7.29. The molecular formula is C26H26N4O4. The molecule has 0 aliphatic carbocycles. The summed E-state index contributed by atoms with van der Waals surface area (Å²) in [5.74, 6) is -0.397. The van der Waals surface area contributed by atoms with E-state index in [2.05, 4.69) is 15.1 Å². The standard InChI is InChI=1S/C26H26N4O4/c31-25(21-4-2-1-3-5-21)18-27-26(32)22-8-6-20(7-9-22)19-28-14-16-29(17-15-28)23-10-12-24(13-11-23)30(33)34/h1-13H,14-19H2,(H,27,32). The first kappa shape index (κ1) is 23.1. The number of non-ortho nitro benzene ring substituents is 1. The summed E-state index contributed by atoms with van der Waals surface area (Å²) >= 11 is 0. The van der Waals surface area contributed by atoms with Crippen LogP contribution < -0.4 is 10.2 Å². The number of nitro benzene ring substituents is 1. The summed E-state index contributed by atoms with van der Waals surface area (Å²) in [6.45, 7) is 4.18. The maximum absolute atomic E-state index is 12.4. The monoisotopic (exact) mass is 458 g/mol. The zero-order valence-corrected chi connectivity index (χ0v) is 18.7. The topological polar surface area (TPSA) is 95.8 Å². The lowest BCUT2D eigenvalue weighted by Crippen LogP contribution is -2.45. The molecule has 1 aliphatic rings. The zero-order valence-electron chi connectivity index (χ0n) is 18.7. The van der Waals surface area contributed by atoms with E-state index in [9.17, 15) is 19.7 Å². The Morgan fingerprint density at radius 3 is 2.09 bits per heavy atom. The van der Waals surface area contributed by atoms with E-state index in [1.807, 2.05) is 18.2 Å². The predicted octanol–water partition coefficient (Wildman–Crippen LogP) is 3.53. The molecule has 1 aliphatic heterocycles. The van der Waals surface area contributed by atoms with Crippen LogP contribution in [0.1, 0.15) is 26.3 Å². The second kappa shape index (κ2) is 10.7. The summed E-state index contributed by atoms with van der Waals surface area (Å²) < 4.78 is 0.